The second kappa shape index (κ2) is 7.01. The SMILES string of the molecule is O=C(NCC1COc2ccccc2O1)c1csc(-c2cc3ccccc3[nH]2)n1. The summed E-state index contributed by atoms with van der Waals surface area (Å²) >= 11 is 1.44. The monoisotopic (exact) mass is 391 g/mol. The molecule has 4 aromatic rings. The maximum absolute atomic E-state index is 12.5. The van der Waals surface area contributed by atoms with Crippen molar-refractivity contribution in [1.29, 1.82) is 0 Å². The fraction of sp³-hybridized carbons (Fsp3) is 0.143. The Balaban J connectivity index is 1.24. The predicted molar refractivity (Wildman–Crippen MR) is 108 cm³/mol. The number of hydrogen-bond donors (Lipinski definition) is 2. The van der Waals surface area contributed by atoms with Crippen LogP contribution in [0, 0.1) is 0 Å². The molecule has 6 nitrogen and oxygen atoms in total. The maximum Gasteiger partial charge on any atom is 0.270 e. The summed E-state index contributed by atoms with van der Waals surface area (Å²) < 4.78 is 11.5. The van der Waals surface area contributed by atoms with Crippen LogP contribution in [0.15, 0.2) is 60.0 Å². The highest BCUT2D eigenvalue weighted by molar-refractivity contribution is 7.13. The van der Waals surface area contributed by atoms with Crippen LogP contribution in [0.1, 0.15) is 10.5 Å². The van der Waals surface area contributed by atoms with Gasteiger partial charge in [0.05, 0.1) is 12.2 Å². The van der Waals surface area contributed by atoms with E-state index in [2.05, 4.69) is 15.3 Å². The van der Waals surface area contributed by atoms with E-state index in [1.54, 1.807) is 5.38 Å². The molecule has 0 spiro atoms. The lowest BCUT2D eigenvalue weighted by Crippen LogP contribution is -2.40. The van der Waals surface area contributed by atoms with Gasteiger partial charge in [0.15, 0.2) is 11.5 Å². The molecule has 0 saturated carbocycles. The van der Waals surface area contributed by atoms with Gasteiger partial charge in [0.1, 0.15) is 23.4 Å². The zero-order valence-electron chi connectivity index (χ0n) is 14.8. The van der Waals surface area contributed by atoms with Gasteiger partial charge in [-0.05, 0) is 24.3 Å². The Morgan fingerprint density at radius 3 is 2.89 bits per heavy atom. The molecular weight excluding hydrogens is 374 g/mol. The van der Waals surface area contributed by atoms with E-state index in [1.807, 2.05) is 54.6 Å². The van der Waals surface area contributed by atoms with Gasteiger partial charge in [-0.25, -0.2) is 4.98 Å². The number of amides is 1. The van der Waals surface area contributed by atoms with E-state index in [0.717, 1.165) is 27.4 Å². The Kier molecular flexibility index (Phi) is 4.21. The van der Waals surface area contributed by atoms with Crippen molar-refractivity contribution >= 4 is 28.1 Å². The molecular formula is C21H17N3O3S. The number of carbonyl (C=O) groups excluding carboxylic acids is 1. The highest BCUT2D eigenvalue weighted by atomic mass is 32.1. The summed E-state index contributed by atoms with van der Waals surface area (Å²) in [7, 11) is 0. The molecule has 0 fully saturated rings. The Morgan fingerprint density at radius 2 is 2.00 bits per heavy atom. The van der Waals surface area contributed by atoms with Crippen LogP contribution in [-0.2, 0) is 0 Å². The molecule has 0 saturated heterocycles. The molecule has 2 aromatic carbocycles. The number of nitrogens with one attached hydrogen (secondary N) is 2. The first kappa shape index (κ1) is 16.8. The average molecular weight is 391 g/mol. The number of carbonyl (C=O) groups is 1. The van der Waals surface area contributed by atoms with Crippen molar-refractivity contribution in [3.63, 3.8) is 0 Å². The fourth-order valence-corrected chi connectivity index (χ4v) is 3.92. The lowest BCUT2D eigenvalue weighted by Gasteiger charge is -2.26. The lowest BCUT2D eigenvalue weighted by molar-refractivity contribution is 0.0787. The van der Waals surface area contributed by atoms with Gasteiger partial charge in [-0.2, -0.15) is 0 Å². The molecule has 140 valence electrons. The van der Waals surface area contributed by atoms with Crippen molar-refractivity contribution in [2.75, 3.05) is 13.2 Å². The molecule has 0 bridgehead atoms. The third-order valence-electron chi connectivity index (χ3n) is 4.56. The number of rotatable bonds is 4. The van der Waals surface area contributed by atoms with Crippen LogP contribution in [0.4, 0.5) is 0 Å². The molecule has 3 heterocycles. The number of aromatic amines is 1. The Bertz CT molecular complexity index is 1120. The summed E-state index contributed by atoms with van der Waals surface area (Å²) in [4.78, 5) is 20.3. The van der Waals surface area contributed by atoms with Crippen molar-refractivity contribution in [3.8, 4) is 22.2 Å². The van der Waals surface area contributed by atoms with E-state index in [9.17, 15) is 4.79 Å². The molecule has 1 amide bonds. The van der Waals surface area contributed by atoms with Crippen molar-refractivity contribution < 1.29 is 14.3 Å². The number of benzene rings is 2. The number of H-pyrrole nitrogens is 1. The number of thiazole rings is 1. The molecule has 7 heteroatoms. The summed E-state index contributed by atoms with van der Waals surface area (Å²) in [6.45, 7) is 0.751. The standard InChI is InChI=1S/C21H17N3O3S/c25-20(22-10-14-11-26-18-7-3-4-8-19(18)27-14)17-12-28-21(24-17)16-9-13-5-1-2-6-15(13)23-16/h1-9,12,14,23H,10-11H2,(H,22,25). The first-order valence-electron chi connectivity index (χ1n) is 8.96. The van der Waals surface area contributed by atoms with Crippen LogP contribution < -0.4 is 14.8 Å². The van der Waals surface area contributed by atoms with Gasteiger partial charge in [-0.15, -0.1) is 11.3 Å². The van der Waals surface area contributed by atoms with Gasteiger partial charge in [0.2, 0.25) is 0 Å². The number of aromatic nitrogens is 2. The Morgan fingerprint density at radius 1 is 1.18 bits per heavy atom. The predicted octanol–water partition coefficient (Wildman–Crippen LogP) is 3.86. The molecule has 0 aliphatic carbocycles. The highest BCUT2D eigenvalue weighted by Gasteiger charge is 2.22. The van der Waals surface area contributed by atoms with E-state index < -0.39 is 0 Å². The number of nitrogens with zero attached hydrogens (tertiary/aromatic N) is 1. The summed E-state index contributed by atoms with van der Waals surface area (Å²) in [6.07, 6.45) is -0.231. The van der Waals surface area contributed by atoms with Crippen molar-refractivity contribution in [3.05, 3.63) is 65.7 Å². The zero-order chi connectivity index (χ0) is 18.9. The van der Waals surface area contributed by atoms with Crippen LogP contribution in [0.3, 0.4) is 0 Å². The van der Waals surface area contributed by atoms with E-state index in [-0.39, 0.29) is 12.0 Å². The van der Waals surface area contributed by atoms with Crippen LogP contribution in [0.25, 0.3) is 21.6 Å². The minimum absolute atomic E-state index is 0.221. The van der Waals surface area contributed by atoms with E-state index >= 15 is 0 Å². The second-order valence-corrected chi connectivity index (χ2v) is 7.37. The summed E-state index contributed by atoms with van der Waals surface area (Å²) in [6, 6.07) is 17.6. The Hall–Kier alpha value is -3.32. The molecule has 28 heavy (non-hydrogen) atoms. The maximum atomic E-state index is 12.5. The average Bonchev–Trinajstić information content (AvgIpc) is 3.39. The molecule has 1 atom stereocenters. The largest absolute Gasteiger partial charge is 0.486 e. The third-order valence-corrected chi connectivity index (χ3v) is 5.43. The van der Waals surface area contributed by atoms with Crippen molar-refractivity contribution in [2.24, 2.45) is 0 Å². The normalized spacial score (nSPS) is 15.5. The van der Waals surface area contributed by atoms with E-state index in [0.29, 0.717) is 24.6 Å². The second-order valence-electron chi connectivity index (χ2n) is 6.52. The molecule has 1 unspecified atom stereocenters. The summed E-state index contributed by atoms with van der Waals surface area (Å²) in [5.41, 5.74) is 2.36. The van der Waals surface area contributed by atoms with E-state index in [1.165, 1.54) is 11.3 Å². The topological polar surface area (TPSA) is 76.2 Å². The molecule has 5 rings (SSSR count). The number of ether oxygens (including phenoxy) is 2. The van der Waals surface area contributed by atoms with E-state index in [4.69, 9.17) is 9.47 Å². The van der Waals surface area contributed by atoms with Crippen molar-refractivity contribution in [2.45, 2.75) is 6.10 Å². The minimum atomic E-state index is -0.231. The van der Waals surface area contributed by atoms with Crippen LogP contribution in [0.5, 0.6) is 11.5 Å². The molecule has 2 N–H and O–H groups in total. The lowest BCUT2D eigenvalue weighted by atomic mass is 10.2. The van der Waals surface area contributed by atoms with Crippen LogP contribution in [-0.4, -0.2) is 35.1 Å². The third kappa shape index (κ3) is 3.20. The molecule has 2 aromatic heterocycles. The number of hydrogen-bond acceptors (Lipinski definition) is 5. The smallest absolute Gasteiger partial charge is 0.270 e. The summed E-state index contributed by atoms with van der Waals surface area (Å²) in [5, 5.41) is 6.55. The summed E-state index contributed by atoms with van der Waals surface area (Å²) in [5.74, 6) is 1.20. The quantitative estimate of drug-likeness (QED) is 0.554. The molecule has 0 radical (unpaired) electrons. The van der Waals surface area contributed by atoms with Crippen LogP contribution >= 0.6 is 11.3 Å². The molecule has 1 aliphatic rings. The Labute approximate surface area is 165 Å². The number of para-hydroxylation sites is 3. The van der Waals surface area contributed by atoms with Gasteiger partial charge in [-0.1, -0.05) is 30.3 Å². The zero-order valence-corrected chi connectivity index (χ0v) is 15.7. The van der Waals surface area contributed by atoms with Gasteiger partial charge in [-0.3, -0.25) is 4.79 Å². The first-order chi connectivity index (χ1) is 13.8. The van der Waals surface area contributed by atoms with Gasteiger partial charge in [0, 0.05) is 16.3 Å². The fourth-order valence-electron chi connectivity index (χ4n) is 3.15. The number of fused-ring (bicyclic) bond motifs is 2. The van der Waals surface area contributed by atoms with Crippen molar-refractivity contribution in [1.82, 2.24) is 15.3 Å². The molecule has 1 aliphatic heterocycles. The van der Waals surface area contributed by atoms with Crippen LogP contribution in [0.2, 0.25) is 0 Å². The van der Waals surface area contributed by atoms with Gasteiger partial charge in [0.25, 0.3) is 5.91 Å². The minimum Gasteiger partial charge on any atom is -0.486 e. The van der Waals surface area contributed by atoms with Gasteiger partial charge >= 0.3 is 0 Å². The van der Waals surface area contributed by atoms with Gasteiger partial charge < -0.3 is 19.8 Å². The first-order valence-corrected chi connectivity index (χ1v) is 9.84. The highest BCUT2D eigenvalue weighted by Crippen LogP contribution is 2.31.